The Labute approximate surface area is 132 Å². The molecule has 2 aromatic carbocycles. The Kier molecular flexibility index (Phi) is 6.49. The van der Waals surface area contributed by atoms with Gasteiger partial charge in [-0.15, -0.1) is 0 Å². The van der Waals surface area contributed by atoms with Crippen molar-refractivity contribution in [3.8, 4) is 0 Å². The van der Waals surface area contributed by atoms with Crippen LogP contribution in [0.5, 0.6) is 0 Å². The Bertz CT molecular complexity index is 564. The topological polar surface area (TPSA) is 38.3 Å². The molecule has 0 heterocycles. The third kappa shape index (κ3) is 6.00. The third-order valence-electron chi connectivity index (χ3n) is 3.49. The van der Waals surface area contributed by atoms with E-state index >= 15 is 0 Å². The van der Waals surface area contributed by atoms with Crippen molar-refractivity contribution in [2.24, 2.45) is 0 Å². The first-order valence-corrected chi connectivity index (χ1v) is 7.74. The van der Waals surface area contributed by atoms with E-state index in [9.17, 15) is 4.79 Å². The van der Waals surface area contributed by atoms with E-state index in [-0.39, 0.29) is 6.09 Å². The molecule has 0 saturated carbocycles. The minimum atomic E-state index is -0.348. The van der Waals surface area contributed by atoms with Gasteiger partial charge in [0.2, 0.25) is 0 Å². The maximum atomic E-state index is 11.6. The minimum absolute atomic E-state index is 0.316. The lowest BCUT2D eigenvalue weighted by atomic mass is 10.1. The summed E-state index contributed by atoms with van der Waals surface area (Å²) in [4.78, 5) is 11.6. The monoisotopic (exact) mass is 297 g/mol. The Balaban J connectivity index is 1.54. The van der Waals surface area contributed by atoms with E-state index in [2.05, 4.69) is 36.5 Å². The molecule has 0 unspecified atom stereocenters. The molecule has 0 aliphatic heterocycles. The summed E-state index contributed by atoms with van der Waals surface area (Å²) in [5.74, 6) is 0. The number of unbranched alkanes of at least 4 members (excludes halogenated alkanes) is 1. The van der Waals surface area contributed by atoms with Crippen molar-refractivity contribution in [3.63, 3.8) is 0 Å². The molecular formula is C19H23NO2. The average molecular weight is 297 g/mol. The number of ether oxygens (including phenoxy) is 1. The second-order valence-electron chi connectivity index (χ2n) is 5.43. The Morgan fingerprint density at radius 2 is 1.68 bits per heavy atom. The molecule has 3 heteroatoms. The lowest BCUT2D eigenvalue weighted by molar-refractivity contribution is 0.139. The van der Waals surface area contributed by atoms with Crippen LogP contribution >= 0.6 is 0 Å². The van der Waals surface area contributed by atoms with Gasteiger partial charge in [-0.1, -0.05) is 60.2 Å². The first-order valence-electron chi connectivity index (χ1n) is 7.74. The minimum Gasteiger partial charge on any atom is -0.445 e. The van der Waals surface area contributed by atoms with E-state index in [0.717, 1.165) is 24.8 Å². The van der Waals surface area contributed by atoms with Gasteiger partial charge < -0.3 is 10.1 Å². The van der Waals surface area contributed by atoms with E-state index in [4.69, 9.17) is 4.74 Å². The molecule has 0 fully saturated rings. The highest BCUT2D eigenvalue weighted by Gasteiger charge is 2.01. The predicted molar refractivity (Wildman–Crippen MR) is 88.7 cm³/mol. The number of hydrogen-bond acceptors (Lipinski definition) is 2. The van der Waals surface area contributed by atoms with Gasteiger partial charge in [0.15, 0.2) is 0 Å². The number of rotatable bonds is 7. The smallest absolute Gasteiger partial charge is 0.407 e. The average Bonchev–Trinajstić information content (AvgIpc) is 2.55. The van der Waals surface area contributed by atoms with E-state index in [1.807, 2.05) is 30.3 Å². The quantitative estimate of drug-likeness (QED) is 0.776. The fourth-order valence-corrected chi connectivity index (χ4v) is 2.17. The molecule has 2 aromatic rings. The molecule has 0 atom stereocenters. The predicted octanol–water partition coefficient (Wildman–Crippen LogP) is 4.24. The van der Waals surface area contributed by atoms with Gasteiger partial charge in [0, 0.05) is 6.54 Å². The summed E-state index contributed by atoms with van der Waals surface area (Å²) >= 11 is 0. The van der Waals surface area contributed by atoms with E-state index in [1.54, 1.807) is 0 Å². The third-order valence-corrected chi connectivity index (χ3v) is 3.49. The molecule has 3 nitrogen and oxygen atoms in total. The van der Waals surface area contributed by atoms with Gasteiger partial charge in [-0.3, -0.25) is 0 Å². The van der Waals surface area contributed by atoms with Crippen molar-refractivity contribution < 1.29 is 9.53 Å². The molecule has 2 rings (SSSR count). The van der Waals surface area contributed by atoms with Gasteiger partial charge in [0.05, 0.1) is 0 Å². The van der Waals surface area contributed by atoms with Crippen LogP contribution in [0.15, 0.2) is 54.6 Å². The Morgan fingerprint density at radius 1 is 0.955 bits per heavy atom. The highest BCUT2D eigenvalue weighted by molar-refractivity contribution is 5.67. The number of alkyl carbamates (subject to hydrolysis) is 1. The number of hydrogen-bond donors (Lipinski definition) is 1. The largest absolute Gasteiger partial charge is 0.445 e. The normalized spacial score (nSPS) is 10.2. The summed E-state index contributed by atoms with van der Waals surface area (Å²) in [6.45, 7) is 3.06. The summed E-state index contributed by atoms with van der Waals surface area (Å²) in [5, 5.41) is 2.79. The first-order chi connectivity index (χ1) is 10.7. The lowest BCUT2D eigenvalue weighted by Gasteiger charge is -2.07. The number of amides is 1. The van der Waals surface area contributed by atoms with Gasteiger partial charge in [-0.25, -0.2) is 4.79 Å². The van der Waals surface area contributed by atoms with Crippen molar-refractivity contribution in [1.29, 1.82) is 0 Å². The second kappa shape index (κ2) is 8.88. The van der Waals surface area contributed by atoms with Crippen LogP contribution in [0, 0.1) is 6.92 Å². The molecule has 0 aromatic heterocycles. The molecule has 22 heavy (non-hydrogen) atoms. The van der Waals surface area contributed by atoms with Crippen molar-refractivity contribution in [3.05, 3.63) is 71.3 Å². The maximum Gasteiger partial charge on any atom is 0.407 e. The van der Waals surface area contributed by atoms with E-state index in [0.29, 0.717) is 13.2 Å². The van der Waals surface area contributed by atoms with Crippen LogP contribution in [0.1, 0.15) is 29.5 Å². The van der Waals surface area contributed by atoms with E-state index < -0.39 is 0 Å². The number of nitrogens with one attached hydrogen (secondary N) is 1. The zero-order chi connectivity index (χ0) is 15.6. The van der Waals surface area contributed by atoms with Crippen LogP contribution in [0.4, 0.5) is 4.79 Å². The Hall–Kier alpha value is -2.29. The zero-order valence-corrected chi connectivity index (χ0v) is 13.0. The van der Waals surface area contributed by atoms with Gasteiger partial charge >= 0.3 is 6.09 Å². The zero-order valence-electron chi connectivity index (χ0n) is 13.0. The molecule has 0 saturated heterocycles. The fraction of sp³-hybridized carbons (Fsp3) is 0.316. The molecule has 0 aliphatic rings. The standard InChI is InChI=1S/C19H23NO2/c1-16-10-12-17(13-11-16)7-5-6-14-20-19(21)22-15-18-8-3-2-4-9-18/h2-4,8-13H,5-7,14-15H2,1H3,(H,20,21). The van der Waals surface area contributed by atoms with Gasteiger partial charge in [-0.05, 0) is 37.3 Å². The lowest BCUT2D eigenvalue weighted by Crippen LogP contribution is -2.25. The van der Waals surface area contributed by atoms with Crippen LogP contribution in [-0.2, 0) is 17.8 Å². The summed E-state index contributed by atoms with van der Waals surface area (Å²) in [6.07, 6.45) is 2.70. The molecule has 0 radical (unpaired) electrons. The number of benzene rings is 2. The number of aryl methyl sites for hydroxylation is 2. The van der Waals surface area contributed by atoms with Crippen molar-refractivity contribution in [1.82, 2.24) is 5.32 Å². The molecule has 1 N–H and O–H groups in total. The molecule has 0 spiro atoms. The molecule has 1 amide bonds. The summed E-state index contributed by atoms with van der Waals surface area (Å²) in [7, 11) is 0. The number of carbonyl (C=O) groups excluding carboxylic acids is 1. The summed E-state index contributed by atoms with van der Waals surface area (Å²) < 4.78 is 5.16. The van der Waals surface area contributed by atoms with Crippen molar-refractivity contribution in [2.75, 3.05) is 6.54 Å². The highest BCUT2D eigenvalue weighted by Crippen LogP contribution is 2.07. The van der Waals surface area contributed by atoms with Crippen LogP contribution in [0.25, 0.3) is 0 Å². The van der Waals surface area contributed by atoms with Crippen LogP contribution in [0.3, 0.4) is 0 Å². The van der Waals surface area contributed by atoms with Gasteiger partial charge in [-0.2, -0.15) is 0 Å². The van der Waals surface area contributed by atoms with Gasteiger partial charge in [0.25, 0.3) is 0 Å². The number of carbonyl (C=O) groups is 1. The molecule has 0 aliphatic carbocycles. The molecule has 0 bridgehead atoms. The van der Waals surface area contributed by atoms with Crippen molar-refractivity contribution >= 4 is 6.09 Å². The fourth-order valence-electron chi connectivity index (χ4n) is 2.17. The van der Waals surface area contributed by atoms with Crippen LogP contribution < -0.4 is 5.32 Å². The summed E-state index contributed by atoms with van der Waals surface area (Å²) in [6, 6.07) is 18.3. The SMILES string of the molecule is Cc1ccc(CCCCNC(=O)OCc2ccccc2)cc1. The van der Waals surface area contributed by atoms with Crippen LogP contribution in [-0.4, -0.2) is 12.6 Å². The molecule has 116 valence electrons. The highest BCUT2D eigenvalue weighted by atomic mass is 16.5. The van der Waals surface area contributed by atoms with Crippen LogP contribution in [0.2, 0.25) is 0 Å². The molecular weight excluding hydrogens is 274 g/mol. The van der Waals surface area contributed by atoms with Gasteiger partial charge in [0.1, 0.15) is 6.61 Å². The summed E-state index contributed by atoms with van der Waals surface area (Å²) in [5.41, 5.74) is 3.63. The second-order valence-corrected chi connectivity index (χ2v) is 5.43. The van der Waals surface area contributed by atoms with Crippen molar-refractivity contribution in [2.45, 2.75) is 32.8 Å². The Morgan fingerprint density at radius 3 is 2.41 bits per heavy atom. The van der Waals surface area contributed by atoms with E-state index in [1.165, 1.54) is 11.1 Å². The maximum absolute atomic E-state index is 11.6. The first kappa shape index (κ1) is 16.1.